The smallest absolute Gasteiger partial charge is 0.187 e. The van der Waals surface area contributed by atoms with Crippen molar-refractivity contribution in [1.82, 2.24) is 14.7 Å². The van der Waals surface area contributed by atoms with Crippen LogP contribution in [0.15, 0.2) is 67.1 Å². The topological polar surface area (TPSA) is 42.9 Å². The van der Waals surface area contributed by atoms with E-state index in [-0.39, 0.29) is 0 Å². The van der Waals surface area contributed by atoms with E-state index in [0.717, 1.165) is 53.2 Å². The lowest BCUT2D eigenvalue weighted by molar-refractivity contribution is 0.262. The summed E-state index contributed by atoms with van der Waals surface area (Å²) in [7, 11) is 0. The lowest BCUT2D eigenvalue weighted by atomic mass is 9.98. The standard InChI is InChI=1S/C25H21ClN4O/c1-27-21-8-4-18(5-9-21)22-12-24(31-15-17-10-11-28-13-17)23-14-29-16-30(23)25(22)19-2-6-20(26)7-3-19/h2-9,12,14,16-17,28H,10-11,13,15H2/t17-/m1/s1. The molecule has 0 amide bonds. The fourth-order valence-electron chi connectivity index (χ4n) is 4.08. The second kappa shape index (κ2) is 8.43. The molecule has 31 heavy (non-hydrogen) atoms. The van der Waals surface area contributed by atoms with Crippen molar-refractivity contribution in [2.24, 2.45) is 5.92 Å². The van der Waals surface area contributed by atoms with Gasteiger partial charge in [0.15, 0.2) is 5.69 Å². The summed E-state index contributed by atoms with van der Waals surface area (Å²) in [6.07, 6.45) is 4.79. The Morgan fingerprint density at radius 3 is 2.61 bits per heavy atom. The molecule has 1 aliphatic rings. The third kappa shape index (κ3) is 3.88. The molecule has 0 spiro atoms. The van der Waals surface area contributed by atoms with Crippen LogP contribution in [0.5, 0.6) is 5.75 Å². The van der Waals surface area contributed by atoms with E-state index in [9.17, 15) is 0 Å². The first-order valence-electron chi connectivity index (χ1n) is 10.3. The highest BCUT2D eigenvalue weighted by atomic mass is 35.5. The van der Waals surface area contributed by atoms with Gasteiger partial charge in [-0.1, -0.05) is 48.0 Å². The molecule has 1 atom stereocenters. The highest BCUT2D eigenvalue weighted by Gasteiger charge is 2.19. The molecule has 1 fully saturated rings. The molecule has 0 aliphatic carbocycles. The summed E-state index contributed by atoms with van der Waals surface area (Å²) in [5.41, 5.74) is 5.62. The SMILES string of the molecule is [C-]#[N+]c1ccc(-c2cc(OC[C@@H]3CCNC3)c3cncn3c2-c2ccc(Cl)cc2)cc1. The Morgan fingerprint density at radius 2 is 1.90 bits per heavy atom. The summed E-state index contributed by atoms with van der Waals surface area (Å²) in [5, 5.41) is 4.08. The van der Waals surface area contributed by atoms with Crippen molar-refractivity contribution in [2.45, 2.75) is 6.42 Å². The second-order valence-corrected chi connectivity index (χ2v) is 8.19. The van der Waals surface area contributed by atoms with Crippen molar-refractivity contribution in [3.05, 3.63) is 83.6 Å². The Morgan fingerprint density at radius 1 is 1.13 bits per heavy atom. The van der Waals surface area contributed by atoms with Gasteiger partial charge < -0.3 is 10.1 Å². The maximum absolute atomic E-state index is 7.25. The average molecular weight is 429 g/mol. The summed E-state index contributed by atoms with van der Waals surface area (Å²) in [5.74, 6) is 1.33. The van der Waals surface area contributed by atoms with Crippen LogP contribution in [0.25, 0.3) is 32.7 Å². The van der Waals surface area contributed by atoms with Crippen molar-refractivity contribution >= 4 is 22.8 Å². The van der Waals surface area contributed by atoms with Gasteiger partial charge in [0, 0.05) is 23.0 Å². The lowest BCUT2D eigenvalue weighted by Crippen LogP contribution is -2.15. The first-order valence-corrected chi connectivity index (χ1v) is 10.7. The van der Waals surface area contributed by atoms with Gasteiger partial charge in [-0.2, -0.15) is 0 Å². The molecule has 1 aliphatic heterocycles. The van der Waals surface area contributed by atoms with Gasteiger partial charge in [-0.05, 0) is 42.3 Å². The molecule has 0 unspecified atom stereocenters. The summed E-state index contributed by atoms with van der Waals surface area (Å²) >= 11 is 6.14. The van der Waals surface area contributed by atoms with Crippen molar-refractivity contribution < 1.29 is 4.74 Å². The minimum atomic E-state index is 0.514. The van der Waals surface area contributed by atoms with E-state index in [4.69, 9.17) is 22.9 Å². The highest BCUT2D eigenvalue weighted by Crippen LogP contribution is 2.38. The maximum atomic E-state index is 7.25. The summed E-state index contributed by atoms with van der Waals surface area (Å²) in [6, 6.07) is 17.6. The highest BCUT2D eigenvalue weighted by molar-refractivity contribution is 6.30. The normalized spacial score (nSPS) is 15.8. The minimum Gasteiger partial charge on any atom is -0.491 e. The number of benzene rings is 2. The molecule has 3 heterocycles. The zero-order valence-corrected chi connectivity index (χ0v) is 17.6. The van der Waals surface area contributed by atoms with Gasteiger partial charge in [0.25, 0.3) is 0 Å². The third-order valence-electron chi connectivity index (χ3n) is 5.72. The number of pyridine rings is 1. The number of rotatable bonds is 5. The zero-order chi connectivity index (χ0) is 21.2. The molecule has 5 rings (SSSR count). The summed E-state index contributed by atoms with van der Waals surface area (Å²) < 4.78 is 8.38. The van der Waals surface area contributed by atoms with Crippen LogP contribution in [0.3, 0.4) is 0 Å². The van der Waals surface area contributed by atoms with E-state index >= 15 is 0 Å². The van der Waals surface area contributed by atoms with Gasteiger partial charge in [0.05, 0.1) is 31.4 Å². The number of fused-ring (bicyclic) bond motifs is 1. The molecule has 0 radical (unpaired) electrons. The molecule has 1 N–H and O–H groups in total. The number of imidazole rings is 1. The van der Waals surface area contributed by atoms with Crippen LogP contribution in [0.4, 0.5) is 5.69 Å². The molecule has 5 nitrogen and oxygen atoms in total. The fourth-order valence-corrected chi connectivity index (χ4v) is 4.20. The Balaban J connectivity index is 1.67. The van der Waals surface area contributed by atoms with Gasteiger partial charge in [-0.3, -0.25) is 4.40 Å². The monoisotopic (exact) mass is 428 g/mol. The van der Waals surface area contributed by atoms with Gasteiger partial charge >= 0.3 is 0 Å². The molecule has 4 aromatic rings. The average Bonchev–Trinajstić information content (AvgIpc) is 3.50. The summed E-state index contributed by atoms with van der Waals surface area (Å²) in [4.78, 5) is 7.93. The minimum absolute atomic E-state index is 0.514. The number of hydrogen-bond acceptors (Lipinski definition) is 3. The van der Waals surface area contributed by atoms with Crippen molar-refractivity contribution in [1.29, 1.82) is 0 Å². The molecule has 6 heteroatoms. The molecule has 154 valence electrons. The molecular weight excluding hydrogens is 408 g/mol. The number of nitrogens with zero attached hydrogens (tertiary/aromatic N) is 3. The van der Waals surface area contributed by atoms with Crippen LogP contribution in [0, 0.1) is 12.5 Å². The van der Waals surface area contributed by atoms with Gasteiger partial charge in [0.1, 0.15) is 11.3 Å². The Kier molecular flexibility index (Phi) is 5.33. The summed E-state index contributed by atoms with van der Waals surface area (Å²) in [6.45, 7) is 9.95. The van der Waals surface area contributed by atoms with Crippen LogP contribution in [0.1, 0.15) is 6.42 Å². The lowest BCUT2D eigenvalue weighted by Gasteiger charge is -2.18. The maximum Gasteiger partial charge on any atom is 0.187 e. The number of nitrogens with one attached hydrogen (secondary N) is 1. The number of hydrogen-bond donors (Lipinski definition) is 1. The van der Waals surface area contributed by atoms with E-state index in [1.807, 2.05) is 61.1 Å². The molecule has 1 saturated heterocycles. The van der Waals surface area contributed by atoms with Crippen LogP contribution in [-0.4, -0.2) is 29.1 Å². The Hall–Kier alpha value is -3.33. The van der Waals surface area contributed by atoms with E-state index in [1.54, 1.807) is 0 Å². The number of ether oxygens (including phenoxy) is 1. The number of halogens is 1. The van der Waals surface area contributed by atoms with Gasteiger partial charge in [0.2, 0.25) is 0 Å². The van der Waals surface area contributed by atoms with Crippen molar-refractivity contribution in [3.8, 4) is 28.1 Å². The first-order chi connectivity index (χ1) is 15.2. The van der Waals surface area contributed by atoms with E-state index in [0.29, 0.717) is 23.2 Å². The number of aromatic nitrogens is 2. The molecule has 0 saturated carbocycles. The second-order valence-electron chi connectivity index (χ2n) is 7.76. The van der Waals surface area contributed by atoms with E-state index in [1.165, 1.54) is 0 Å². The fraction of sp³-hybridized carbons (Fsp3) is 0.200. The van der Waals surface area contributed by atoms with E-state index < -0.39 is 0 Å². The molecule has 0 bridgehead atoms. The third-order valence-corrected chi connectivity index (χ3v) is 5.98. The zero-order valence-electron chi connectivity index (χ0n) is 16.9. The Labute approximate surface area is 186 Å². The van der Waals surface area contributed by atoms with Crippen LogP contribution in [0.2, 0.25) is 5.02 Å². The van der Waals surface area contributed by atoms with Crippen molar-refractivity contribution in [3.63, 3.8) is 0 Å². The van der Waals surface area contributed by atoms with Gasteiger partial charge in [-0.25, -0.2) is 9.83 Å². The Bertz CT molecular complexity index is 1250. The van der Waals surface area contributed by atoms with Crippen molar-refractivity contribution in [2.75, 3.05) is 19.7 Å². The largest absolute Gasteiger partial charge is 0.491 e. The predicted octanol–water partition coefficient (Wildman–Crippen LogP) is 5.86. The predicted molar refractivity (Wildman–Crippen MR) is 124 cm³/mol. The molecule has 2 aromatic heterocycles. The van der Waals surface area contributed by atoms with E-state index in [2.05, 4.69) is 25.6 Å². The van der Waals surface area contributed by atoms with Crippen LogP contribution >= 0.6 is 11.6 Å². The first kappa shape index (κ1) is 19.6. The molecule has 2 aromatic carbocycles. The van der Waals surface area contributed by atoms with Gasteiger partial charge in [-0.15, -0.1) is 0 Å². The van der Waals surface area contributed by atoms with Crippen LogP contribution < -0.4 is 10.1 Å². The van der Waals surface area contributed by atoms with Crippen LogP contribution in [-0.2, 0) is 0 Å². The molecular formula is C25H21ClN4O. The quantitative estimate of drug-likeness (QED) is 0.405.